The van der Waals surface area contributed by atoms with Gasteiger partial charge in [-0.3, -0.25) is 4.79 Å². The number of hydrogen-bond acceptors (Lipinski definition) is 6. The highest BCUT2D eigenvalue weighted by atomic mass is 16.6. The lowest BCUT2D eigenvalue weighted by Gasteiger charge is -2.28. The minimum absolute atomic E-state index is 0.101. The number of benzene rings is 2. The third-order valence-electron chi connectivity index (χ3n) is 6.00. The Hall–Kier alpha value is -2.90. The summed E-state index contributed by atoms with van der Waals surface area (Å²) in [5.74, 6) is 1.20. The van der Waals surface area contributed by atoms with Gasteiger partial charge in [0.15, 0.2) is 0 Å². The number of para-hydroxylation sites is 1. The minimum Gasteiger partial charge on any atom is -0.462 e. The maximum Gasteiger partial charge on any atom is 0.329 e. The smallest absolute Gasteiger partial charge is 0.329 e. The van der Waals surface area contributed by atoms with Gasteiger partial charge in [-0.15, -0.1) is 0 Å². The summed E-state index contributed by atoms with van der Waals surface area (Å²) in [7, 11) is 1.54. The maximum atomic E-state index is 12.9. The summed E-state index contributed by atoms with van der Waals surface area (Å²) in [6.07, 6.45) is 3.77. The van der Waals surface area contributed by atoms with Crippen molar-refractivity contribution in [2.75, 3.05) is 26.9 Å². The first-order valence-electron chi connectivity index (χ1n) is 11.6. The lowest BCUT2D eigenvalue weighted by molar-refractivity contribution is -0.149. The van der Waals surface area contributed by atoms with E-state index in [2.05, 4.69) is 5.32 Å². The Bertz CT molecular complexity index is 881. The van der Waals surface area contributed by atoms with Crippen molar-refractivity contribution in [1.29, 1.82) is 0 Å². The molecule has 7 heteroatoms. The number of esters is 1. The van der Waals surface area contributed by atoms with Crippen LogP contribution in [0, 0.1) is 11.8 Å². The second kappa shape index (κ2) is 13.0. The molecule has 0 saturated heterocycles. The fourth-order valence-corrected chi connectivity index (χ4v) is 4.07. The number of carbonyl (C=O) groups excluding carboxylic acids is 2. The number of methoxy groups -OCH3 is 1. The molecule has 1 amide bonds. The molecule has 0 bridgehead atoms. The number of nitrogens with two attached hydrogens (primary N) is 1. The molecule has 0 aromatic heterocycles. The van der Waals surface area contributed by atoms with Gasteiger partial charge in [0.05, 0.1) is 6.61 Å². The van der Waals surface area contributed by atoms with Crippen LogP contribution in [0.4, 0.5) is 0 Å². The standard InChI is InChI=1S/C26H34N2O5/c1-31-14-15-32-26(30)24(28-25(29)21-12-10-19(18-27)11-13-21)17-20-6-5-9-23(16-20)33-22-7-3-2-4-8-22/h2-9,16,19,21,24H,10-15,17-18,27H2,1H3,(H,28,29)/t19-,21-,24?. The van der Waals surface area contributed by atoms with E-state index in [-0.39, 0.29) is 18.4 Å². The van der Waals surface area contributed by atoms with E-state index < -0.39 is 12.0 Å². The summed E-state index contributed by atoms with van der Waals surface area (Å²) in [5, 5.41) is 2.94. The molecule has 1 aliphatic rings. The zero-order valence-corrected chi connectivity index (χ0v) is 19.2. The zero-order valence-electron chi connectivity index (χ0n) is 19.2. The predicted octanol–water partition coefficient (Wildman–Crippen LogP) is 3.46. The second-order valence-electron chi connectivity index (χ2n) is 8.44. The summed E-state index contributed by atoms with van der Waals surface area (Å²) in [5.41, 5.74) is 6.63. The van der Waals surface area contributed by atoms with Crippen LogP contribution in [0.5, 0.6) is 11.5 Å². The van der Waals surface area contributed by atoms with E-state index in [1.807, 2.05) is 54.6 Å². The Balaban J connectivity index is 1.67. The van der Waals surface area contributed by atoms with Gasteiger partial charge >= 0.3 is 5.97 Å². The highest BCUT2D eigenvalue weighted by molar-refractivity contribution is 5.86. The lowest BCUT2D eigenvalue weighted by atomic mass is 9.81. The van der Waals surface area contributed by atoms with Crippen molar-refractivity contribution in [3.8, 4) is 11.5 Å². The Morgan fingerprint density at radius 1 is 1.00 bits per heavy atom. The number of nitrogens with one attached hydrogen (secondary N) is 1. The monoisotopic (exact) mass is 454 g/mol. The minimum atomic E-state index is -0.784. The van der Waals surface area contributed by atoms with E-state index in [0.717, 1.165) is 37.0 Å². The molecule has 2 aromatic rings. The summed E-state index contributed by atoms with van der Waals surface area (Å²) in [6, 6.07) is 16.2. The van der Waals surface area contributed by atoms with Crippen LogP contribution in [0.3, 0.4) is 0 Å². The van der Waals surface area contributed by atoms with Crippen LogP contribution in [-0.4, -0.2) is 44.8 Å². The van der Waals surface area contributed by atoms with E-state index in [1.54, 1.807) is 7.11 Å². The molecule has 1 saturated carbocycles. The fourth-order valence-electron chi connectivity index (χ4n) is 4.07. The van der Waals surface area contributed by atoms with E-state index in [0.29, 0.717) is 31.2 Å². The normalized spacial score (nSPS) is 18.8. The van der Waals surface area contributed by atoms with Gasteiger partial charge in [0.25, 0.3) is 0 Å². The summed E-state index contributed by atoms with van der Waals surface area (Å²) in [6.45, 7) is 1.10. The Morgan fingerprint density at radius 2 is 1.73 bits per heavy atom. The van der Waals surface area contributed by atoms with Crippen LogP contribution in [0.25, 0.3) is 0 Å². The Kier molecular flexibility index (Phi) is 9.72. The molecule has 3 rings (SSSR count). The van der Waals surface area contributed by atoms with E-state index >= 15 is 0 Å². The van der Waals surface area contributed by atoms with Crippen molar-refractivity contribution in [3.63, 3.8) is 0 Å². The summed E-state index contributed by atoms with van der Waals surface area (Å²) < 4.78 is 16.2. The Morgan fingerprint density at radius 3 is 2.42 bits per heavy atom. The van der Waals surface area contributed by atoms with Gasteiger partial charge in [-0.05, 0) is 68.0 Å². The first kappa shape index (κ1) is 24.7. The van der Waals surface area contributed by atoms with E-state index in [4.69, 9.17) is 19.9 Å². The Labute approximate surface area is 195 Å². The van der Waals surface area contributed by atoms with Crippen LogP contribution >= 0.6 is 0 Å². The number of hydrogen-bond donors (Lipinski definition) is 2. The lowest BCUT2D eigenvalue weighted by Crippen LogP contribution is -2.46. The van der Waals surface area contributed by atoms with Crippen LogP contribution in [0.2, 0.25) is 0 Å². The van der Waals surface area contributed by atoms with Crippen LogP contribution in [0.1, 0.15) is 31.2 Å². The second-order valence-corrected chi connectivity index (χ2v) is 8.44. The van der Waals surface area contributed by atoms with Crippen LogP contribution in [-0.2, 0) is 25.5 Å². The van der Waals surface area contributed by atoms with Gasteiger partial charge in [0, 0.05) is 19.4 Å². The largest absolute Gasteiger partial charge is 0.462 e. The first-order chi connectivity index (χ1) is 16.1. The molecule has 0 spiro atoms. The van der Waals surface area contributed by atoms with Crippen molar-refractivity contribution in [2.24, 2.45) is 17.6 Å². The topological polar surface area (TPSA) is 99.9 Å². The molecule has 0 radical (unpaired) electrons. The molecule has 1 atom stereocenters. The number of ether oxygens (including phenoxy) is 3. The van der Waals surface area contributed by atoms with Gasteiger partial charge < -0.3 is 25.3 Å². The highest BCUT2D eigenvalue weighted by Gasteiger charge is 2.30. The molecule has 7 nitrogen and oxygen atoms in total. The molecule has 1 fully saturated rings. The number of rotatable bonds is 11. The average Bonchev–Trinajstić information content (AvgIpc) is 2.84. The van der Waals surface area contributed by atoms with Crippen molar-refractivity contribution in [2.45, 2.75) is 38.1 Å². The maximum absolute atomic E-state index is 12.9. The van der Waals surface area contributed by atoms with Gasteiger partial charge in [0.1, 0.15) is 24.1 Å². The molecule has 178 valence electrons. The molecule has 33 heavy (non-hydrogen) atoms. The molecule has 0 aliphatic heterocycles. The van der Waals surface area contributed by atoms with Crippen molar-refractivity contribution < 1.29 is 23.8 Å². The quantitative estimate of drug-likeness (QED) is 0.398. The molecule has 0 heterocycles. The predicted molar refractivity (Wildman–Crippen MR) is 126 cm³/mol. The summed E-state index contributed by atoms with van der Waals surface area (Å²) in [4.78, 5) is 25.7. The number of amides is 1. The van der Waals surface area contributed by atoms with Crippen molar-refractivity contribution >= 4 is 11.9 Å². The zero-order chi connectivity index (χ0) is 23.5. The number of carbonyl (C=O) groups is 2. The van der Waals surface area contributed by atoms with Crippen molar-refractivity contribution in [3.05, 3.63) is 60.2 Å². The highest BCUT2D eigenvalue weighted by Crippen LogP contribution is 2.28. The SMILES string of the molecule is COCCOC(=O)C(Cc1cccc(Oc2ccccc2)c1)NC(=O)[C@H]1CC[C@H](CN)CC1. The average molecular weight is 455 g/mol. The first-order valence-corrected chi connectivity index (χ1v) is 11.6. The van der Waals surface area contributed by atoms with Crippen LogP contribution < -0.4 is 15.8 Å². The molecule has 1 aliphatic carbocycles. The van der Waals surface area contributed by atoms with Crippen molar-refractivity contribution in [1.82, 2.24) is 5.32 Å². The molecule has 2 aromatic carbocycles. The van der Waals surface area contributed by atoms with Gasteiger partial charge in [0.2, 0.25) is 5.91 Å². The van der Waals surface area contributed by atoms with Gasteiger partial charge in [-0.25, -0.2) is 4.79 Å². The third-order valence-corrected chi connectivity index (χ3v) is 6.00. The molecular formula is C26H34N2O5. The molecule has 1 unspecified atom stereocenters. The van der Waals surface area contributed by atoms with Crippen LogP contribution in [0.15, 0.2) is 54.6 Å². The van der Waals surface area contributed by atoms with E-state index in [1.165, 1.54) is 0 Å². The van der Waals surface area contributed by atoms with Gasteiger partial charge in [-0.1, -0.05) is 30.3 Å². The fraction of sp³-hybridized carbons (Fsp3) is 0.462. The molecular weight excluding hydrogens is 420 g/mol. The molecule has 3 N–H and O–H groups in total. The summed E-state index contributed by atoms with van der Waals surface area (Å²) >= 11 is 0. The third kappa shape index (κ3) is 7.87. The van der Waals surface area contributed by atoms with E-state index in [9.17, 15) is 9.59 Å². The van der Waals surface area contributed by atoms with Gasteiger partial charge in [-0.2, -0.15) is 0 Å².